The molecule has 0 unspecified atom stereocenters. The monoisotopic (exact) mass is 302 g/mol. The molecule has 0 aliphatic rings. The van der Waals surface area contributed by atoms with Gasteiger partial charge in [-0.3, -0.25) is 0 Å². The maximum atomic E-state index is 5.55. The summed E-state index contributed by atoms with van der Waals surface area (Å²) in [5.74, 6) is 6.81. The molecule has 5 heteroatoms. The third-order valence-electron chi connectivity index (χ3n) is 3.30. The summed E-state index contributed by atoms with van der Waals surface area (Å²) in [4.78, 5) is 9.79. The fourth-order valence-electron chi connectivity index (χ4n) is 2.12. The number of hydrazine groups is 1. The lowest BCUT2D eigenvalue weighted by Crippen LogP contribution is -2.12. The molecule has 0 amide bonds. The summed E-state index contributed by atoms with van der Waals surface area (Å²) in [5, 5.41) is 0.970. The Morgan fingerprint density at radius 1 is 1.19 bits per heavy atom. The Morgan fingerprint density at radius 2 is 1.90 bits per heavy atom. The normalized spacial score (nSPS) is 10.9. The highest BCUT2D eigenvalue weighted by molar-refractivity contribution is 7.99. The van der Waals surface area contributed by atoms with Gasteiger partial charge in [-0.15, -0.1) is 0 Å². The van der Waals surface area contributed by atoms with Gasteiger partial charge in [0.25, 0.3) is 0 Å². The average Bonchev–Trinajstić information content (AvgIpc) is 2.49. The first kappa shape index (κ1) is 15.8. The summed E-state index contributed by atoms with van der Waals surface area (Å²) in [6.45, 7) is 6.54. The van der Waals surface area contributed by atoms with Crippen molar-refractivity contribution in [1.29, 1.82) is 0 Å². The van der Waals surface area contributed by atoms with E-state index in [-0.39, 0.29) is 0 Å². The average molecular weight is 302 g/mol. The third kappa shape index (κ3) is 3.95. The van der Waals surface area contributed by atoms with Gasteiger partial charge in [0.15, 0.2) is 0 Å². The maximum Gasteiger partial charge on any atom is 0.147 e. The molecule has 1 aromatic carbocycles. The second-order valence-electron chi connectivity index (χ2n) is 5.23. The van der Waals surface area contributed by atoms with Gasteiger partial charge in [0.2, 0.25) is 0 Å². The molecule has 112 valence electrons. The van der Waals surface area contributed by atoms with Gasteiger partial charge in [0, 0.05) is 10.5 Å². The topological polar surface area (TPSA) is 63.8 Å². The Hall–Kier alpha value is -1.59. The van der Waals surface area contributed by atoms with Gasteiger partial charge in [0.05, 0.1) is 0 Å². The molecule has 4 nitrogen and oxygen atoms in total. The van der Waals surface area contributed by atoms with Crippen LogP contribution in [0.2, 0.25) is 0 Å². The highest BCUT2D eigenvalue weighted by Crippen LogP contribution is 2.32. The molecule has 3 N–H and O–H groups in total. The predicted octanol–water partition coefficient (Wildman–Crippen LogP) is 3.99. The van der Waals surface area contributed by atoms with Crippen molar-refractivity contribution in [3.8, 4) is 0 Å². The lowest BCUT2D eigenvalue weighted by Gasteiger charge is -2.12. The molecular formula is C16H22N4S. The van der Waals surface area contributed by atoms with Crippen molar-refractivity contribution in [3.63, 3.8) is 0 Å². The molecule has 2 rings (SSSR count). The van der Waals surface area contributed by atoms with Crippen molar-refractivity contribution in [1.82, 2.24) is 9.97 Å². The van der Waals surface area contributed by atoms with Gasteiger partial charge in [-0.1, -0.05) is 51.1 Å². The Balaban J connectivity index is 2.26. The summed E-state index contributed by atoms with van der Waals surface area (Å²) < 4.78 is 0. The van der Waals surface area contributed by atoms with Gasteiger partial charge in [0.1, 0.15) is 17.2 Å². The minimum atomic E-state index is 0.548. The fraction of sp³-hybridized carbons (Fsp3) is 0.375. The Bertz CT molecular complexity index is 581. The number of aromatic nitrogens is 2. The van der Waals surface area contributed by atoms with Gasteiger partial charge in [-0.2, -0.15) is 0 Å². The molecule has 1 aromatic heterocycles. The van der Waals surface area contributed by atoms with Gasteiger partial charge < -0.3 is 5.43 Å². The number of nitrogen functional groups attached to an aromatic ring is 1. The van der Waals surface area contributed by atoms with Crippen LogP contribution in [0.15, 0.2) is 40.5 Å². The molecule has 0 bridgehead atoms. The number of benzene rings is 1. The molecule has 0 atom stereocenters. The highest BCUT2D eigenvalue weighted by atomic mass is 32.2. The molecule has 0 spiro atoms. The molecule has 0 saturated heterocycles. The van der Waals surface area contributed by atoms with Crippen LogP contribution in [0.4, 0.5) is 5.82 Å². The first-order valence-electron chi connectivity index (χ1n) is 7.24. The van der Waals surface area contributed by atoms with E-state index in [1.165, 1.54) is 10.5 Å². The number of hydrogen-bond acceptors (Lipinski definition) is 5. The van der Waals surface area contributed by atoms with Crippen LogP contribution in [0, 0.1) is 0 Å². The number of nitrogens with two attached hydrogens (primary N) is 1. The summed E-state index contributed by atoms with van der Waals surface area (Å²) in [5.41, 5.74) is 5.10. The van der Waals surface area contributed by atoms with Crippen molar-refractivity contribution >= 4 is 17.6 Å². The van der Waals surface area contributed by atoms with E-state index >= 15 is 0 Å². The minimum absolute atomic E-state index is 0.548. The predicted molar refractivity (Wildman–Crippen MR) is 88.5 cm³/mol. The first-order valence-corrected chi connectivity index (χ1v) is 8.05. The van der Waals surface area contributed by atoms with E-state index in [2.05, 4.69) is 60.4 Å². The summed E-state index contributed by atoms with van der Waals surface area (Å²) in [6.07, 6.45) is 3.49. The van der Waals surface area contributed by atoms with Crippen LogP contribution in [0.25, 0.3) is 0 Å². The quantitative estimate of drug-likeness (QED) is 0.480. The Kier molecular flexibility index (Phi) is 5.59. The fourth-order valence-corrected chi connectivity index (χ4v) is 3.03. The van der Waals surface area contributed by atoms with E-state index in [0.717, 1.165) is 23.4 Å². The van der Waals surface area contributed by atoms with E-state index in [1.807, 2.05) is 0 Å². The molecule has 0 aliphatic carbocycles. The van der Waals surface area contributed by atoms with Crippen molar-refractivity contribution in [2.24, 2.45) is 5.84 Å². The van der Waals surface area contributed by atoms with Gasteiger partial charge in [-0.05, 0) is 30.0 Å². The zero-order valence-electron chi connectivity index (χ0n) is 12.8. The smallest absolute Gasteiger partial charge is 0.147 e. The van der Waals surface area contributed by atoms with Crippen LogP contribution < -0.4 is 11.3 Å². The molecule has 21 heavy (non-hydrogen) atoms. The lowest BCUT2D eigenvalue weighted by atomic mass is 10.0. The van der Waals surface area contributed by atoms with Crippen LogP contribution in [0.3, 0.4) is 0 Å². The third-order valence-corrected chi connectivity index (χ3v) is 4.36. The largest absolute Gasteiger partial charge is 0.308 e. The standard InChI is InChI=1S/C16H22N4S/c1-4-5-14-15(20-17)18-10-19-16(14)21-13-8-6-12(7-9-13)11(2)3/h6-11H,4-5,17H2,1-3H3,(H,18,19,20). The molecule has 2 aromatic rings. The number of hydrogen-bond donors (Lipinski definition) is 2. The zero-order valence-corrected chi connectivity index (χ0v) is 13.6. The number of anilines is 1. The SMILES string of the molecule is CCCc1c(NN)ncnc1Sc1ccc(C(C)C)cc1. The number of nitrogens with one attached hydrogen (secondary N) is 1. The van der Waals surface area contributed by atoms with Crippen LogP contribution in [-0.2, 0) is 6.42 Å². The second-order valence-corrected chi connectivity index (χ2v) is 6.29. The van der Waals surface area contributed by atoms with Gasteiger partial charge >= 0.3 is 0 Å². The van der Waals surface area contributed by atoms with Crippen molar-refractivity contribution in [3.05, 3.63) is 41.7 Å². The first-order chi connectivity index (χ1) is 10.2. The second kappa shape index (κ2) is 7.43. The Labute approximate surface area is 130 Å². The highest BCUT2D eigenvalue weighted by Gasteiger charge is 2.11. The Morgan fingerprint density at radius 3 is 2.48 bits per heavy atom. The van der Waals surface area contributed by atoms with E-state index in [9.17, 15) is 0 Å². The van der Waals surface area contributed by atoms with E-state index < -0.39 is 0 Å². The van der Waals surface area contributed by atoms with Crippen LogP contribution >= 0.6 is 11.8 Å². The molecular weight excluding hydrogens is 280 g/mol. The van der Waals surface area contributed by atoms with Gasteiger partial charge in [-0.25, -0.2) is 15.8 Å². The van der Waals surface area contributed by atoms with Crippen molar-refractivity contribution in [2.75, 3.05) is 5.43 Å². The minimum Gasteiger partial charge on any atom is -0.308 e. The summed E-state index contributed by atoms with van der Waals surface area (Å²) >= 11 is 1.66. The molecule has 0 aliphatic heterocycles. The van der Waals surface area contributed by atoms with Crippen molar-refractivity contribution in [2.45, 2.75) is 49.5 Å². The van der Waals surface area contributed by atoms with E-state index in [4.69, 9.17) is 5.84 Å². The van der Waals surface area contributed by atoms with Crippen molar-refractivity contribution < 1.29 is 0 Å². The van der Waals surface area contributed by atoms with Crippen LogP contribution in [-0.4, -0.2) is 9.97 Å². The zero-order chi connectivity index (χ0) is 15.2. The molecule has 1 heterocycles. The number of rotatable bonds is 6. The molecule has 0 saturated carbocycles. The van der Waals surface area contributed by atoms with E-state index in [1.54, 1.807) is 18.1 Å². The number of nitrogens with zero attached hydrogens (tertiary/aromatic N) is 2. The maximum absolute atomic E-state index is 5.55. The van der Waals surface area contributed by atoms with E-state index in [0.29, 0.717) is 11.7 Å². The van der Waals surface area contributed by atoms with Crippen LogP contribution in [0.5, 0.6) is 0 Å². The summed E-state index contributed by atoms with van der Waals surface area (Å²) in [6, 6.07) is 8.65. The lowest BCUT2D eigenvalue weighted by molar-refractivity contribution is 0.855. The van der Waals surface area contributed by atoms with Crippen LogP contribution in [0.1, 0.15) is 44.2 Å². The molecule has 0 radical (unpaired) electrons. The molecule has 0 fully saturated rings. The summed E-state index contributed by atoms with van der Waals surface area (Å²) in [7, 11) is 0.